The standard InChI is InChI=1S/C60H67NO16S2/c1-3-51(62)71-36-11-7-5-9-34-69-43-21-15-40(16-22-43)57(65)74-45-23-19-42(20-24-45)59(67)77-49-32-31-48(54-55(49)79-56(61-54)50-14-13-39-78-50)60(68)76-46-25-17-41(18-26-46)58(66)75-47-29-27-44(28-30-47)70-35-10-6-8-12-37-72-53(64)33-38-73-52(63)4-2/h3-4,13-16,21-22,27-32,39,41-42,45-46H,1-2,5-12,17-20,23-26,33-38H2/t41-,42-,45-,46-. The Morgan fingerprint density at radius 2 is 1.06 bits per heavy atom. The first-order chi connectivity index (χ1) is 38.5. The summed E-state index contributed by atoms with van der Waals surface area (Å²) in [6, 6.07) is 20.8. The van der Waals surface area contributed by atoms with Crippen LogP contribution in [-0.4, -0.2) is 92.0 Å². The van der Waals surface area contributed by atoms with Gasteiger partial charge < -0.3 is 42.6 Å². The second-order valence-corrected chi connectivity index (χ2v) is 21.1. The van der Waals surface area contributed by atoms with Crippen LogP contribution in [0.1, 0.15) is 130 Å². The zero-order valence-electron chi connectivity index (χ0n) is 44.2. The minimum Gasteiger partial charge on any atom is -0.494 e. The first kappa shape index (κ1) is 59.3. The fraction of sp³-hybridized carbons (Fsp3) is 0.433. The molecule has 0 amide bonds. The quantitative estimate of drug-likeness (QED) is 0.0137. The monoisotopic (exact) mass is 1120 g/mol. The molecule has 0 saturated heterocycles. The van der Waals surface area contributed by atoms with E-state index < -0.39 is 47.8 Å². The molecular weight excluding hydrogens is 1050 g/mol. The molecule has 2 heterocycles. The molecular formula is C60H67NO16S2. The number of thiophene rings is 1. The van der Waals surface area contributed by atoms with Gasteiger partial charge >= 0.3 is 41.8 Å². The smallest absolute Gasteiger partial charge is 0.340 e. The van der Waals surface area contributed by atoms with Gasteiger partial charge in [0.15, 0.2) is 0 Å². The Hall–Kier alpha value is -7.38. The van der Waals surface area contributed by atoms with Crippen LogP contribution in [0.4, 0.5) is 0 Å². The maximum absolute atomic E-state index is 13.9. The Balaban J connectivity index is 0.807. The van der Waals surface area contributed by atoms with E-state index in [4.69, 9.17) is 47.6 Å². The number of ether oxygens (including phenoxy) is 9. The molecule has 0 bridgehead atoms. The summed E-state index contributed by atoms with van der Waals surface area (Å²) in [5.74, 6) is -1.93. The maximum Gasteiger partial charge on any atom is 0.340 e. The van der Waals surface area contributed by atoms with Crippen molar-refractivity contribution >= 4 is 74.7 Å². The number of hydrogen-bond donors (Lipinski definition) is 0. The zero-order valence-corrected chi connectivity index (χ0v) is 45.9. The number of esters is 7. The number of fused-ring (bicyclic) bond motifs is 1. The van der Waals surface area contributed by atoms with Gasteiger partial charge in [-0.2, -0.15) is 0 Å². The molecule has 2 aromatic heterocycles. The fourth-order valence-corrected chi connectivity index (χ4v) is 10.8. The van der Waals surface area contributed by atoms with E-state index in [0.29, 0.717) is 128 Å². The Morgan fingerprint density at radius 1 is 0.544 bits per heavy atom. The number of nitrogens with zero attached hydrogens (tertiary/aromatic N) is 1. The number of hydrogen-bond acceptors (Lipinski definition) is 19. The van der Waals surface area contributed by atoms with Crippen molar-refractivity contribution in [3.8, 4) is 32.9 Å². The van der Waals surface area contributed by atoms with Crippen LogP contribution in [0.3, 0.4) is 0 Å². The van der Waals surface area contributed by atoms with Gasteiger partial charge in [-0.1, -0.05) is 19.2 Å². The van der Waals surface area contributed by atoms with Crippen LogP contribution in [0, 0.1) is 11.8 Å². The highest BCUT2D eigenvalue weighted by Crippen LogP contribution is 2.41. The Kier molecular flexibility index (Phi) is 23.5. The number of carbonyl (C=O) groups excluding carboxylic acids is 7. The van der Waals surface area contributed by atoms with Gasteiger partial charge in [-0.3, -0.25) is 14.4 Å². The van der Waals surface area contributed by atoms with Crippen molar-refractivity contribution in [3.05, 3.63) is 115 Å². The highest BCUT2D eigenvalue weighted by atomic mass is 32.1. The van der Waals surface area contributed by atoms with Gasteiger partial charge in [0.05, 0.1) is 65.4 Å². The normalized spacial score (nSPS) is 16.9. The van der Waals surface area contributed by atoms with E-state index in [9.17, 15) is 33.6 Å². The van der Waals surface area contributed by atoms with Crippen LogP contribution in [0.25, 0.3) is 20.1 Å². The summed E-state index contributed by atoms with van der Waals surface area (Å²) in [5.41, 5.74) is 1.04. The minimum atomic E-state index is -0.578. The summed E-state index contributed by atoms with van der Waals surface area (Å²) in [5, 5.41) is 2.61. The highest BCUT2D eigenvalue weighted by Gasteiger charge is 2.33. The van der Waals surface area contributed by atoms with Gasteiger partial charge in [-0.25, -0.2) is 24.2 Å². The minimum absolute atomic E-state index is 0.00142. The molecule has 420 valence electrons. The van der Waals surface area contributed by atoms with Gasteiger partial charge in [0.1, 0.15) is 52.3 Å². The van der Waals surface area contributed by atoms with Gasteiger partial charge in [0.2, 0.25) is 0 Å². The first-order valence-electron chi connectivity index (χ1n) is 27.0. The lowest BCUT2D eigenvalue weighted by Crippen LogP contribution is -2.30. The molecule has 7 rings (SSSR count). The lowest BCUT2D eigenvalue weighted by atomic mass is 9.87. The summed E-state index contributed by atoms with van der Waals surface area (Å²) in [6.07, 6.45) is 12.0. The summed E-state index contributed by atoms with van der Waals surface area (Å²) in [6.45, 7) is 8.34. The molecule has 0 unspecified atom stereocenters. The van der Waals surface area contributed by atoms with Crippen LogP contribution in [0.2, 0.25) is 0 Å². The van der Waals surface area contributed by atoms with Crippen LogP contribution < -0.4 is 18.9 Å². The van der Waals surface area contributed by atoms with E-state index in [0.717, 1.165) is 62.0 Å². The molecule has 2 saturated carbocycles. The van der Waals surface area contributed by atoms with Crippen LogP contribution in [0.15, 0.2) is 103 Å². The largest absolute Gasteiger partial charge is 0.494 e. The third-order valence-electron chi connectivity index (χ3n) is 13.4. The van der Waals surface area contributed by atoms with E-state index in [-0.39, 0.29) is 36.6 Å². The third kappa shape index (κ3) is 18.9. The molecule has 79 heavy (non-hydrogen) atoms. The molecule has 0 atom stereocenters. The Bertz CT molecular complexity index is 2830. The van der Waals surface area contributed by atoms with E-state index in [1.54, 1.807) is 60.7 Å². The number of rotatable bonds is 30. The molecule has 17 nitrogen and oxygen atoms in total. The van der Waals surface area contributed by atoms with Gasteiger partial charge in [-0.05, 0) is 175 Å². The van der Waals surface area contributed by atoms with Crippen molar-refractivity contribution in [2.24, 2.45) is 11.8 Å². The second-order valence-electron chi connectivity index (χ2n) is 19.1. The van der Waals surface area contributed by atoms with Crippen molar-refractivity contribution in [2.75, 3.05) is 33.0 Å². The number of unbranched alkanes of at least 4 members (excludes halogenated alkanes) is 6. The zero-order chi connectivity index (χ0) is 55.8. The number of carbonyl (C=O) groups is 7. The second kappa shape index (κ2) is 31.3. The van der Waals surface area contributed by atoms with Crippen molar-refractivity contribution in [1.82, 2.24) is 4.98 Å². The number of benzene rings is 3. The van der Waals surface area contributed by atoms with Crippen molar-refractivity contribution < 1.29 is 76.2 Å². The molecule has 0 N–H and O–H groups in total. The predicted octanol–water partition coefficient (Wildman–Crippen LogP) is 11.9. The number of aromatic nitrogens is 1. The van der Waals surface area contributed by atoms with E-state index in [1.807, 2.05) is 17.5 Å². The van der Waals surface area contributed by atoms with Gasteiger partial charge in [0, 0.05) is 12.2 Å². The molecule has 0 radical (unpaired) electrons. The summed E-state index contributed by atoms with van der Waals surface area (Å²) in [7, 11) is 0. The van der Waals surface area contributed by atoms with Gasteiger partial charge in [0.25, 0.3) is 0 Å². The van der Waals surface area contributed by atoms with Crippen LogP contribution in [-0.2, 0) is 47.7 Å². The van der Waals surface area contributed by atoms with E-state index in [2.05, 4.69) is 13.2 Å². The lowest BCUT2D eigenvalue weighted by Gasteiger charge is -2.27. The van der Waals surface area contributed by atoms with Crippen LogP contribution in [0.5, 0.6) is 23.0 Å². The van der Waals surface area contributed by atoms with E-state index in [1.165, 1.54) is 22.7 Å². The Labute approximate surface area is 467 Å². The van der Waals surface area contributed by atoms with Gasteiger partial charge in [-0.15, -0.1) is 22.7 Å². The average molecular weight is 1120 g/mol. The fourth-order valence-electron chi connectivity index (χ4n) is 8.96. The summed E-state index contributed by atoms with van der Waals surface area (Å²) >= 11 is 2.84. The molecule has 5 aromatic rings. The molecule has 3 aromatic carbocycles. The Morgan fingerprint density at radius 3 is 1.63 bits per heavy atom. The lowest BCUT2D eigenvalue weighted by molar-refractivity contribution is -0.147. The van der Waals surface area contributed by atoms with Crippen molar-refractivity contribution in [2.45, 2.75) is 121 Å². The topological polar surface area (TPSA) is 215 Å². The maximum atomic E-state index is 13.9. The first-order valence-corrected chi connectivity index (χ1v) is 28.7. The molecule has 0 aliphatic heterocycles. The number of thiazole rings is 1. The van der Waals surface area contributed by atoms with Crippen molar-refractivity contribution in [3.63, 3.8) is 0 Å². The SMILES string of the molecule is C=CC(=O)OCCCCCCOc1ccc(C(=O)O[C@H]2CC[C@H](C(=O)Oc3ccc(C(=O)O[C@H]4CC[C@H](C(=O)Oc5ccc(OCCCCCCOC(=O)CCOC(=O)C=C)cc5)CC4)c4nc(-c5cccs5)sc34)CC2)cc1. The summed E-state index contributed by atoms with van der Waals surface area (Å²) < 4.78 is 50.8. The predicted molar refractivity (Wildman–Crippen MR) is 295 cm³/mol. The van der Waals surface area contributed by atoms with Crippen molar-refractivity contribution in [1.29, 1.82) is 0 Å². The summed E-state index contributed by atoms with van der Waals surface area (Å²) in [4.78, 5) is 93.4. The highest BCUT2D eigenvalue weighted by molar-refractivity contribution is 7.25. The molecule has 2 aliphatic rings. The van der Waals surface area contributed by atoms with Crippen LogP contribution >= 0.6 is 22.7 Å². The average Bonchev–Trinajstić information content (AvgIpc) is 4.36. The van der Waals surface area contributed by atoms with E-state index >= 15 is 0 Å². The molecule has 0 spiro atoms. The molecule has 19 heteroatoms. The molecule has 2 aliphatic carbocycles. The molecule has 2 fully saturated rings. The third-order valence-corrected chi connectivity index (χ3v) is 15.5.